The van der Waals surface area contributed by atoms with Crippen LogP contribution in [0.4, 0.5) is 5.82 Å². The predicted octanol–water partition coefficient (Wildman–Crippen LogP) is 4.99. The van der Waals surface area contributed by atoms with Gasteiger partial charge >= 0.3 is 0 Å². The van der Waals surface area contributed by atoms with Gasteiger partial charge in [-0.25, -0.2) is 9.97 Å². The van der Waals surface area contributed by atoms with E-state index in [-0.39, 0.29) is 5.41 Å². The maximum atomic E-state index is 6.41. The van der Waals surface area contributed by atoms with E-state index in [9.17, 15) is 0 Å². The predicted molar refractivity (Wildman–Crippen MR) is 133 cm³/mol. The number of aromatic amines is 1. The van der Waals surface area contributed by atoms with Gasteiger partial charge in [-0.1, -0.05) is 59.6 Å². The quantitative estimate of drug-likeness (QED) is 0.431. The molecular formula is C25H24Cl2N6. The third kappa shape index (κ3) is 3.08. The Morgan fingerprint density at radius 1 is 1.15 bits per heavy atom. The molecule has 2 fully saturated rings. The van der Waals surface area contributed by atoms with E-state index in [4.69, 9.17) is 38.9 Å². The first-order valence-electron chi connectivity index (χ1n) is 11.2. The second-order valence-electron chi connectivity index (χ2n) is 9.11. The van der Waals surface area contributed by atoms with E-state index in [0.717, 1.165) is 36.6 Å². The van der Waals surface area contributed by atoms with Crippen LogP contribution in [0, 0.1) is 18.8 Å². The fourth-order valence-electron chi connectivity index (χ4n) is 5.92. The van der Waals surface area contributed by atoms with Crippen LogP contribution in [0.15, 0.2) is 48.7 Å². The summed E-state index contributed by atoms with van der Waals surface area (Å²) in [5.74, 6) is 1.99. The minimum Gasteiger partial charge on any atom is -0.355 e. The maximum Gasteiger partial charge on any atom is 0.202 e. The Morgan fingerprint density at radius 2 is 2.00 bits per heavy atom. The molecule has 4 aromatic rings. The summed E-state index contributed by atoms with van der Waals surface area (Å²) < 4.78 is 0. The highest BCUT2D eigenvalue weighted by molar-refractivity contribution is 6.43. The second-order valence-corrected chi connectivity index (χ2v) is 9.89. The Hall–Kier alpha value is -2.67. The summed E-state index contributed by atoms with van der Waals surface area (Å²) in [5, 5.41) is 8.41. The van der Waals surface area contributed by atoms with Gasteiger partial charge in [0, 0.05) is 30.6 Å². The molecule has 3 unspecified atom stereocenters. The molecule has 8 heteroatoms. The van der Waals surface area contributed by atoms with Crippen molar-refractivity contribution in [1.82, 2.24) is 20.2 Å². The molecule has 1 aliphatic carbocycles. The highest BCUT2D eigenvalue weighted by Crippen LogP contribution is 2.63. The van der Waals surface area contributed by atoms with Crippen LogP contribution in [-0.4, -0.2) is 39.8 Å². The van der Waals surface area contributed by atoms with Gasteiger partial charge in [0.25, 0.3) is 0 Å². The molecule has 1 saturated carbocycles. The van der Waals surface area contributed by atoms with Crippen LogP contribution in [0.1, 0.15) is 17.5 Å². The molecule has 0 radical (unpaired) electrons. The summed E-state index contributed by atoms with van der Waals surface area (Å²) in [6.07, 6.45) is 2.93. The van der Waals surface area contributed by atoms with Crippen molar-refractivity contribution >= 4 is 40.2 Å². The van der Waals surface area contributed by atoms with Crippen molar-refractivity contribution in [2.45, 2.75) is 18.8 Å². The first-order valence-corrected chi connectivity index (χ1v) is 12.0. The van der Waals surface area contributed by atoms with E-state index in [1.807, 2.05) is 18.3 Å². The van der Waals surface area contributed by atoms with Crippen LogP contribution >= 0.6 is 23.2 Å². The number of hydrogen-bond acceptors (Lipinski definition) is 5. The molecule has 2 aliphatic rings. The molecule has 3 heterocycles. The molecule has 1 aliphatic heterocycles. The summed E-state index contributed by atoms with van der Waals surface area (Å²) in [7, 11) is 0. The lowest BCUT2D eigenvalue weighted by Crippen LogP contribution is -2.32. The molecule has 6 nitrogen and oxygen atoms in total. The van der Waals surface area contributed by atoms with Crippen molar-refractivity contribution in [1.29, 1.82) is 0 Å². The number of nitrogens with two attached hydrogens (primary N) is 1. The number of halogens is 2. The minimum absolute atomic E-state index is 0.0699. The number of H-pyrrole nitrogens is 1. The zero-order chi connectivity index (χ0) is 22.7. The summed E-state index contributed by atoms with van der Waals surface area (Å²) in [6, 6.07) is 14.2. The van der Waals surface area contributed by atoms with E-state index < -0.39 is 0 Å². The Morgan fingerprint density at radius 3 is 2.82 bits per heavy atom. The molecule has 0 bridgehead atoms. The Kier molecular flexibility index (Phi) is 4.87. The largest absolute Gasteiger partial charge is 0.355 e. The van der Waals surface area contributed by atoms with Crippen LogP contribution < -0.4 is 10.6 Å². The number of nitrogens with zero attached hydrogens (tertiary/aromatic N) is 4. The van der Waals surface area contributed by atoms with Crippen molar-refractivity contribution in [2.75, 3.05) is 24.5 Å². The van der Waals surface area contributed by atoms with Crippen molar-refractivity contribution in [3.8, 4) is 11.3 Å². The lowest BCUT2D eigenvalue weighted by atomic mass is 9.88. The molecule has 1 saturated heterocycles. The van der Waals surface area contributed by atoms with Gasteiger partial charge in [-0.15, -0.1) is 0 Å². The van der Waals surface area contributed by atoms with Gasteiger partial charge in [0.2, 0.25) is 5.65 Å². The van der Waals surface area contributed by atoms with Gasteiger partial charge in [0.1, 0.15) is 11.3 Å². The van der Waals surface area contributed by atoms with Gasteiger partial charge in [-0.05, 0) is 42.4 Å². The maximum absolute atomic E-state index is 6.41. The van der Waals surface area contributed by atoms with Crippen LogP contribution in [0.25, 0.3) is 22.4 Å². The van der Waals surface area contributed by atoms with Gasteiger partial charge in [-0.3, -0.25) is 5.10 Å². The number of hydrogen-bond donors (Lipinski definition) is 2. The SMILES string of the molecule is Cc1ccccc1C1(CN)C2CCN(c3cnc4c(-c5cccc(Cl)c5Cl)[nH]nc4n3)CC21. The standard InChI is InChI=1S/C25H24Cl2N6/c1-14-5-2-3-7-16(14)25(13-28)17-9-10-33(12-18(17)25)20-11-29-23-22(31-32-24(23)30-20)15-6-4-8-19(26)21(15)27/h2-8,11,17-18H,9-10,12-13,28H2,1H3,(H,30,31,32). The summed E-state index contributed by atoms with van der Waals surface area (Å²) in [4.78, 5) is 11.9. The van der Waals surface area contributed by atoms with Crippen molar-refractivity contribution in [2.24, 2.45) is 17.6 Å². The highest BCUT2D eigenvalue weighted by atomic mass is 35.5. The smallest absolute Gasteiger partial charge is 0.202 e. The van der Waals surface area contributed by atoms with Crippen molar-refractivity contribution in [3.63, 3.8) is 0 Å². The Balaban J connectivity index is 1.30. The molecule has 6 rings (SSSR count). The number of piperidine rings is 1. The third-order valence-electron chi connectivity index (χ3n) is 7.61. The topological polar surface area (TPSA) is 83.7 Å². The molecule has 3 atom stereocenters. The molecule has 2 aromatic carbocycles. The minimum atomic E-state index is 0.0699. The third-order valence-corrected chi connectivity index (χ3v) is 8.43. The summed E-state index contributed by atoms with van der Waals surface area (Å²) in [5.41, 5.74) is 11.9. The first kappa shape index (κ1) is 20.9. The molecular weight excluding hydrogens is 455 g/mol. The number of anilines is 1. The molecule has 3 N–H and O–H groups in total. The average molecular weight is 479 g/mol. The highest BCUT2D eigenvalue weighted by Gasteiger charge is 2.65. The van der Waals surface area contributed by atoms with Gasteiger partial charge in [0.15, 0.2) is 0 Å². The van der Waals surface area contributed by atoms with Gasteiger partial charge < -0.3 is 10.6 Å². The van der Waals surface area contributed by atoms with E-state index >= 15 is 0 Å². The average Bonchev–Trinajstić information content (AvgIpc) is 3.30. The molecule has 0 spiro atoms. The fourth-order valence-corrected chi connectivity index (χ4v) is 6.31. The number of nitrogens with one attached hydrogen (secondary N) is 1. The van der Waals surface area contributed by atoms with E-state index in [0.29, 0.717) is 39.6 Å². The Labute approximate surface area is 202 Å². The summed E-state index contributed by atoms with van der Waals surface area (Å²) >= 11 is 12.6. The molecule has 0 amide bonds. The van der Waals surface area contributed by atoms with E-state index in [1.54, 1.807) is 6.07 Å². The van der Waals surface area contributed by atoms with E-state index in [2.05, 4.69) is 46.3 Å². The lowest BCUT2D eigenvalue weighted by Gasteiger charge is -2.26. The Bertz CT molecular complexity index is 1370. The monoisotopic (exact) mass is 478 g/mol. The van der Waals surface area contributed by atoms with Crippen molar-refractivity contribution < 1.29 is 0 Å². The van der Waals surface area contributed by atoms with Gasteiger partial charge in [0.05, 0.1) is 21.9 Å². The normalized spacial score (nSPS) is 24.2. The molecule has 33 heavy (non-hydrogen) atoms. The zero-order valence-corrected chi connectivity index (χ0v) is 19.7. The number of aromatic nitrogens is 4. The van der Waals surface area contributed by atoms with E-state index in [1.165, 1.54) is 11.1 Å². The number of benzene rings is 2. The van der Waals surface area contributed by atoms with Crippen LogP contribution in [0.2, 0.25) is 10.0 Å². The van der Waals surface area contributed by atoms with Crippen molar-refractivity contribution in [3.05, 3.63) is 69.8 Å². The molecule has 2 aromatic heterocycles. The lowest BCUT2D eigenvalue weighted by molar-refractivity contribution is 0.545. The molecule has 168 valence electrons. The van der Waals surface area contributed by atoms with Crippen LogP contribution in [-0.2, 0) is 5.41 Å². The second kappa shape index (κ2) is 7.69. The van der Waals surface area contributed by atoms with Crippen LogP contribution in [0.3, 0.4) is 0 Å². The zero-order valence-electron chi connectivity index (χ0n) is 18.2. The number of aryl methyl sites for hydroxylation is 1. The summed E-state index contributed by atoms with van der Waals surface area (Å²) in [6.45, 7) is 4.73. The van der Waals surface area contributed by atoms with Crippen LogP contribution in [0.5, 0.6) is 0 Å². The fraction of sp³-hybridized carbons (Fsp3) is 0.320. The van der Waals surface area contributed by atoms with Gasteiger partial charge in [-0.2, -0.15) is 5.10 Å². The number of rotatable bonds is 4. The first-order chi connectivity index (χ1) is 16.0. The number of fused-ring (bicyclic) bond motifs is 2.